The predicted molar refractivity (Wildman–Crippen MR) is 130 cm³/mol. The lowest BCUT2D eigenvalue weighted by Gasteiger charge is -2.26. The third-order valence-corrected chi connectivity index (χ3v) is 6.60. The lowest BCUT2D eigenvalue weighted by molar-refractivity contribution is 0.00731. The molecular weight excluding hydrogens is 530 g/mol. The normalized spacial score (nSPS) is 16.6. The Kier molecular flexibility index (Phi) is 7.83. The Morgan fingerprint density at radius 2 is 2.03 bits per heavy atom. The molecule has 3 rings (SSSR count). The molecule has 12 nitrogen and oxygen atoms in total. The van der Waals surface area contributed by atoms with Gasteiger partial charge in [0.25, 0.3) is 5.91 Å². The largest absolute Gasteiger partial charge is 0.465 e. The first-order valence-corrected chi connectivity index (χ1v) is 12.2. The van der Waals surface area contributed by atoms with E-state index in [1.165, 1.54) is 6.20 Å². The molecule has 3 heterocycles. The van der Waals surface area contributed by atoms with Crippen LogP contribution in [0.4, 0.5) is 16.3 Å². The van der Waals surface area contributed by atoms with Crippen molar-refractivity contribution in [1.82, 2.24) is 20.1 Å². The minimum atomic E-state index is -1.05. The first kappa shape index (κ1) is 25.9. The minimum Gasteiger partial charge on any atom is -0.465 e. The second-order valence-electron chi connectivity index (χ2n) is 8.86. The Bertz CT molecular complexity index is 1080. The second kappa shape index (κ2) is 10.3. The zero-order valence-corrected chi connectivity index (χ0v) is 21.8. The number of carboxylic acid groups (broad SMARTS) is 1. The first-order chi connectivity index (χ1) is 15.9. The van der Waals surface area contributed by atoms with Crippen molar-refractivity contribution in [2.24, 2.45) is 12.9 Å². The summed E-state index contributed by atoms with van der Waals surface area (Å²) in [5, 5.41) is 16.8. The number of hydrogen-bond acceptors (Lipinski definition) is 9. The average molecular weight is 558 g/mol. The number of carbonyl (C=O) groups is 3. The standard InChI is InChI=1S/C20H28BrN7O5S/c1-20(2,3)33-17(30)14-13(25-18(21)34-14)16(29)28(22)12-10-23-26(4)15(12)27-8-5-6-11(7-9-27)24-19(31)32/h10-11,24H,5-9,22H2,1-4H3,(H,31,32). The van der Waals surface area contributed by atoms with E-state index in [2.05, 4.69) is 31.3 Å². The van der Waals surface area contributed by atoms with Gasteiger partial charge in [-0.2, -0.15) is 5.10 Å². The number of rotatable bonds is 5. The van der Waals surface area contributed by atoms with E-state index in [1.54, 1.807) is 32.5 Å². The summed E-state index contributed by atoms with van der Waals surface area (Å²) in [6, 6.07) is -0.154. The summed E-state index contributed by atoms with van der Waals surface area (Å²) in [4.78, 5) is 43.2. The Morgan fingerprint density at radius 1 is 1.32 bits per heavy atom. The van der Waals surface area contributed by atoms with Gasteiger partial charge in [-0.15, -0.1) is 0 Å². The number of nitrogens with two attached hydrogens (primary N) is 1. The van der Waals surface area contributed by atoms with Gasteiger partial charge >= 0.3 is 12.1 Å². The molecule has 0 aromatic carbocycles. The van der Waals surface area contributed by atoms with Gasteiger partial charge in [-0.05, 0) is 56.0 Å². The van der Waals surface area contributed by atoms with Gasteiger partial charge in [0.15, 0.2) is 15.4 Å². The van der Waals surface area contributed by atoms with Gasteiger partial charge in [0.2, 0.25) is 0 Å². The van der Waals surface area contributed by atoms with Crippen molar-refractivity contribution in [2.75, 3.05) is 23.0 Å². The van der Waals surface area contributed by atoms with Crippen molar-refractivity contribution < 1.29 is 24.2 Å². The Morgan fingerprint density at radius 3 is 2.68 bits per heavy atom. The maximum Gasteiger partial charge on any atom is 0.404 e. The van der Waals surface area contributed by atoms with Gasteiger partial charge in [0.1, 0.15) is 16.2 Å². The SMILES string of the molecule is Cn1ncc(N(N)C(=O)c2nc(Br)sc2C(=O)OC(C)(C)C)c1N1CCCC(NC(=O)O)CC1. The number of amides is 2. The quantitative estimate of drug-likeness (QED) is 0.217. The van der Waals surface area contributed by atoms with Crippen LogP contribution in [-0.4, -0.2) is 62.6 Å². The van der Waals surface area contributed by atoms with E-state index in [4.69, 9.17) is 15.7 Å². The number of ether oxygens (including phenoxy) is 1. The topological polar surface area (TPSA) is 156 Å². The molecule has 4 N–H and O–H groups in total. The number of carbonyl (C=O) groups excluding carboxylic acids is 2. The lowest BCUT2D eigenvalue weighted by Crippen LogP contribution is -2.40. The highest BCUT2D eigenvalue weighted by Gasteiger charge is 2.32. The van der Waals surface area contributed by atoms with Crippen LogP contribution in [0.15, 0.2) is 10.1 Å². The number of esters is 1. The molecule has 1 aliphatic heterocycles. The fourth-order valence-corrected chi connectivity index (χ4v) is 5.03. The molecular formula is C20H28BrN7O5S. The molecule has 1 saturated heterocycles. The Labute approximate surface area is 209 Å². The van der Waals surface area contributed by atoms with E-state index in [0.29, 0.717) is 41.4 Å². The predicted octanol–water partition coefficient (Wildman–Crippen LogP) is 2.74. The van der Waals surface area contributed by atoms with Gasteiger partial charge in [0.05, 0.1) is 6.20 Å². The molecule has 14 heteroatoms. The number of thiazole rings is 1. The number of aromatic nitrogens is 3. The maximum atomic E-state index is 13.3. The first-order valence-electron chi connectivity index (χ1n) is 10.6. The van der Waals surface area contributed by atoms with Gasteiger partial charge in [-0.1, -0.05) is 11.3 Å². The molecule has 0 aliphatic carbocycles. The molecule has 1 fully saturated rings. The van der Waals surface area contributed by atoms with E-state index in [0.717, 1.165) is 22.8 Å². The number of hydrazine groups is 1. The summed E-state index contributed by atoms with van der Waals surface area (Å²) in [6.07, 6.45) is 2.47. The third-order valence-electron chi connectivity index (χ3n) is 5.11. The van der Waals surface area contributed by atoms with Crippen LogP contribution in [0.2, 0.25) is 0 Å². The van der Waals surface area contributed by atoms with Crippen molar-refractivity contribution in [3.63, 3.8) is 0 Å². The number of nitrogens with one attached hydrogen (secondary N) is 1. The maximum absolute atomic E-state index is 13.3. The smallest absolute Gasteiger partial charge is 0.404 e. The van der Waals surface area contributed by atoms with Crippen molar-refractivity contribution in [3.05, 3.63) is 20.7 Å². The molecule has 0 bridgehead atoms. The van der Waals surface area contributed by atoms with Crippen LogP contribution < -0.4 is 21.1 Å². The molecule has 186 valence electrons. The van der Waals surface area contributed by atoms with E-state index in [9.17, 15) is 14.4 Å². The van der Waals surface area contributed by atoms with Crippen LogP contribution in [0.5, 0.6) is 0 Å². The summed E-state index contributed by atoms with van der Waals surface area (Å²) < 4.78 is 7.37. The summed E-state index contributed by atoms with van der Waals surface area (Å²) in [6.45, 7) is 6.38. The summed E-state index contributed by atoms with van der Waals surface area (Å²) in [7, 11) is 1.74. The number of nitrogens with zero attached hydrogens (tertiary/aromatic N) is 5. The molecule has 34 heavy (non-hydrogen) atoms. The average Bonchev–Trinajstić information content (AvgIpc) is 3.22. The number of aryl methyl sites for hydroxylation is 1. The molecule has 2 aromatic heterocycles. The van der Waals surface area contributed by atoms with Crippen LogP contribution in [0.1, 0.15) is 60.2 Å². The molecule has 2 aromatic rings. The number of anilines is 2. The molecule has 0 spiro atoms. The highest BCUT2D eigenvalue weighted by molar-refractivity contribution is 9.11. The highest BCUT2D eigenvalue weighted by Crippen LogP contribution is 2.32. The molecule has 1 aliphatic rings. The summed E-state index contributed by atoms with van der Waals surface area (Å²) in [5.74, 6) is 5.50. The van der Waals surface area contributed by atoms with Gasteiger partial charge < -0.3 is 20.1 Å². The molecule has 1 atom stereocenters. The van der Waals surface area contributed by atoms with Crippen molar-refractivity contribution in [2.45, 2.75) is 51.7 Å². The minimum absolute atomic E-state index is 0.0463. The van der Waals surface area contributed by atoms with Crippen LogP contribution in [0.3, 0.4) is 0 Å². The van der Waals surface area contributed by atoms with Crippen molar-refractivity contribution in [3.8, 4) is 0 Å². The highest BCUT2D eigenvalue weighted by atomic mass is 79.9. The molecule has 0 saturated carbocycles. The van der Waals surface area contributed by atoms with Crippen molar-refractivity contribution >= 4 is 56.7 Å². The number of hydrogen-bond donors (Lipinski definition) is 3. The zero-order valence-electron chi connectivity index (χ0n) is 19.4. The molecule has 1 unspecified atom stereocenters. The summed E-state index contributed by atoms with van der Waals surface area (Å²) >= 11 is 4.22. The Balaban J connectivity index is 1.86. The zero-order chi connectivity index (χ0) is 25.2. The van der Waals surface area contributed by atoms with E-state index >= 15 is 0 Å². The van der Waals surface area contributed by atoms with E-state index < -0.39 is 23.6 Å². The van der Waals surface area contributed by atoms with Gasteiger partial charge in [-0.3, -0.25) is 9.48 Å². The van der Waals surface area contributed by atoms with Crippen LogP contribution >= 0.6 is 27.3 Å². The lowest BCUT2D eigenvalue weighted by atomic mass is 10.1. The number of halogens is 1. The molecule has 0 radical (unpaired) electrons. The fraction of sp³-hybridized carbons (Fsp3) is 0.550. The van der Waals surface area contributed by atoms with Crippen LogP contribution in [-0.2, 0) is 11.8 Å². The molecule has 2 amide bonds. The fourth-order valence-electron chi connectivity index (χ4n) is 3.71. The van der Waals surface area contributed by atoms with Crippen LogP contribution in [0.25, 0.3) is 0 Å². The second-order valence-corrected chi connectivity index (χ2v) is 11.1. The van der Waals surface area contributed by atoms with Gasteiger partial charge in [0, 0.05) is 26.2 Å². The van der Waals surface area contributed by atoms with E-state index in [1.807, 2.05) is 4.90 Å². The monoisotopic (exact) mass is 557 g/mol. The summed E-state index contributed by atoms with van der Waals surface area (Å²) in [5.41, 5.74) is -0.520. The van der Waals surface area contributed by atoms with Gasteiger partial charge in [-0.25, -0.2) is 25.4 Å². The van der Waals surface area contributed by atoms with E-state index in [-0.39, 0.29) is 16.6 Å². The van der Waals surface area contributed by atoms with Crippen LogP contribution in [0, 0.1) is 0 Å². The van der Waals surface area contributed by atoms with Crippen molar-refractivity contribution in [1.29, 1.82) is 0 Å². The Hall–Kier alpha value is -2.71. The third kappa shape index (κ3) is 6.04.